The fourth-order valence-electron chi connectivity index (χ4n) is 7.26. The van der Waals surface area contributed by atoms with E-state index in [2.05, 4.69) is 41.2 Å². The van der Waals surface area contributed by atoms with Gasteiger partial charge in [-0.3, -0.25) is 4.79 Å². The number of benzene rings is 1. The number of allylic oxidation sites excluding steroid dienone is 1. The summed E-state index contributed by atoms with van der Waals surface area (Å²) >= 11 is 0. The Morgan fingerprint density at radius 1 is 0.696 bits per heavy atom. The summed E-state index contributed by atoms with van der Waals surface area (Å²) in [6, 6.07) is 0. The second-order valence-corrected chi connectivity index (χ2v) is 14.9. The molecular weight excluding hydrogens is 564 g/mol. The fourth-order valence-corrected chi connectivity index (χ4v) is 7.26. The van der Waals surface area contributed by atoms with Crippen molar-refractivity contribution in [2.24, 2.45) is 0 Å². The molecule has 0 N–H and O–H groups in total. The molecule has 0 aromatic heterocycles. The van der Waals surface area contributed by atoms with Crippen molar-refractivity contribution >= 4 is 5.97 Å². The first-order valence-electron chi connectivity index (χ1n) is 20.0. The fraction of sp³-hybridized carbons (Fsp3) is 0.791. The number of ether oxygens (including phenoxy) is 2. The van der Waals surface area contributed by atoms with Gasteiger partial charge in [0, 0.05) is 12.0 Å². The van der Waals surface area contributed by atoms with Gasteiger partial charge in [0.2, 0.25) is 0 Å². The third-order valence-electron chi connectivity index (χ3n) is 10.6. The Hall–Kier alpha value is -1.77. The van der Waals surface area contributed by atoms with Gasteiger partial charge in [-0.05, 0) is 89.3 Å². The van der Waals surface area contributed by atoms with Gasteiger partial charge in [-0.1, -0.05) is 141 Å². The monoisotopic (exact) mass is 639 g/mol. The summed E-state index contributed by atoms with van der Waals surface area (Å²) < 4.78 is 12.8. The van der Waals surface area contributed by atoms with Crippen molar-refractivity contribution in [3.05, 3.63) is 34.9 Å². The lowest BCUT2D eigenvalue weighted by Gasteiger charge is -2.38. The minimum absolute atomic E-state index is 0.0906. The summed E-state index contributed by atoms with van der Waals surface area (Å²) in [7, 11) is 0. The Morgan fingerprint density at radius 2 is 1.17 bits per heavy atom. The molecular formula is C43H74O3. The maximum Gasteiger partial charge on any atom is 0.311 e. The lowest BCUT2D eigenvalue weighted by Crippen LogP contribution is -2.37. The van der Waals surface area contributed by atoms with E-state index in [9.17, 15) is 4.79 Å². The molecule has 0 aliphatic carbocycles. The zero-order chi connectivity index (χ0) is 33.5. The molecule has 1 aromatic carbocycles. The van der Waals surface area contributed by atoms with E-state index in [0.29, 0.717) is 6.42 Å². The Kier molecular flexibility index (Phi) is 21.4. The van der Waals surface area contributed by atoms with Crippen molar-refractivity contribution in [2.75, 3.05) is 0 Å². The zero-order valence-corrected chi connectivity index (χ0v) is 31.3. The summed E-state index contributed by atoms with van der Waals surface area (Å²) in [5.41, 5.74) is 4.43. The molecule has 264 valence electrons. The largest absolute Gasteiger partial charge is 0.487 e. The van der Waals surface area contributed by atoms with Crippen LogP contribution in [0.1, 0.15) is 209 Å². The quantitative estimate of drug-likeness (QED) is 0.0396. The molecule has 1 heterocycles. The van der Waals surface area contributed by atoms with Gasteiger partial charge < -0.3 is 9.47 Å². The van der Waals surface area contributed by atoms with Crippen molar-refractivity contribution < 1.29 is 14.3 Å². The first-order chi connectivity index (χ1) is 22.3. The topological polar surface area (TPSA) is 35.5 Å². The molecule has 0 saturated heterocycles. The number of carbonyl (C=O) groups excluding carboxylic acids is 1. The SMILES string of the molecule is C=CCCCCCCCCCCCC(=O)Oc1c(C)c(C)c2c(c1C)CCC(C)(CCCCCCCCCCCCCCCC)O2. The molecule has 1 unspecified atom stereocenters. The van der Waals surface area contributed by atoms with Crippen LogP contribution in [0.4, 0.5) is 0 Å². The van der Waals surface area contributed by atoms with E-state index < -0.39 is 0 Å². The van der Waals surface area contributed by atoms with Crippen LogP contribution in [0.5, 0.6) is 11.5 Å². The smallest absolute Gasteiger partial charge is 0.311 e. The van der Waals surface area contributed by atoms with Crippen LogP contribution in [0.3, 0.4) is 0 Å². The maximum atomic E-state index is 12.8. The molecule has 0 radical (unpaired) electrons. The lowest BCUT2D eigenvalue weighted by atomic mass is 9.84. The first-order valence-corrected chi connectivity index (χ1v) is 20.0. The number of hydrogen-bond donors (Lipinski definition) is 0. The molecule has 1 atom stereocenters. The Bertz CT molecular complexity index is 979. The van der Waals surface area contributed by atoms with Crippen LogP contribution in [0, 0.1) is 20.8 Å². The molecule has 1 aliphatic rings. The van der Waals surface area contributed by atoms with Crippen LogP contribution in [0.2, 0.25) is 0 Å². The average Bonchev–Trinajstić information content (AvgIpc) is 3.04. The van der Waals surface area contributed by atoms with Crippen LogP contribution in [-0.2, 0) is 11.2 Å². The molecule has 3 nitrogen and oxygen atoms in total. The van der Waals surface area contributed by atoms with E-state index in [1.165, 1.54) is 140 Å². The molecule has 1 aromatic rings. The molecule has 0 saturated carbocycles. The van der Waals surface area contributed by atoms with Gasteiger partial charge in [-0.15, -0.1) is 6.58 Å². The number of rotatable bonds is 28. The number of esters is 1. The second kappa shape index (κ2) is 24.4. The van der Waals surface area contributed by atoms with Crippen molar-refractivity contribution in [2.45, 2.75) is 220 Å². The van der Waals surface area contributed by atoms with Crippen molar-refractivity contribution in [1.82, 2.24) is 0 Å². The lowest BCUT2D eigenvalue weighted by molar-refractivity contribution is -0.134. The molecule has 1 aliphatic heterocycles. The first kappa shape index (κ1) is 40.4. The molecule has 46 heavy (non-hydrogen) atoms. The summed E-state index contributed by atoms with van der Waals surface area (Å²) in [6.07, 6.45) is 37.4. The average molecular weight is 639 g/mol. The van der Waals surface area contributed by atoms with Gasteiger partial charge >= 0.3 is 5.97 Å². The molecule has 0 fully saturated rings. The Morgan fingerprint density at radius 3 is 1.70 bits per heavy atom. The van der Waals surface area contributed by atoms with E-state index in [0.717, 1.165) is 66.7 Å². The number of hydrogen-bond acceptors (Lipinski definition) is 3. The van der Waals surface area contributed by atoms with E-state index in [1.54, 1.807) is 0 Å². The van der Waals surface area contributed by atoms with Crippen LogP contribution in [-0.4, -0.2) is 11.6 Å². The third-order valence-corrected chi connectivity index (χ3v) is 10.6. The van der Waals surface area contributed by atoms with E-state index in [4.69, 9.17) is 9.47 Å². The highest BCUT2D eigenvalue weighted by atomic mass is 16.5. The van der Waals surface area contributed by atoms with E-state index in [1.807, 2.05) is 6.08 Å². The standard InChI is InChI=1S/C43H74O3/c1-7-9-11-13-15-17-19-20-21-23-25-27-29-31-34-43(6)35-33-39-38(5)41(36(3)37(4)42(39)46-43)45-40(44)32-30-28-26-24-22-18-16-14-12-10-8-2/h8H,2,7,9-35H2,1,3-6H3. The molecule has 3 heteroatoms. The van der Waals surface area contributed by atoms with Gasteiger partial charge in [0.15, 0.2) is 0 Å². The Balaban J connectivity index is 1.65. The number of unbranched alkanes of at least 4 members (excludes halogenated alkanes) is 22. The normalized spacial score (nSPS) is 15.8. The predicted molar refractivity (Wildman–Crippen MR) is 200 cm³/mol. The maximum absolute atomic E-state index is 12.8. The highest BCUT2D eigenvalue weighted by molar-refractivity contribution is 5.74. The van der Waals surface area contributed by atoms with Crippen molar-refractivity contribution in [1.29, 1.82) is 0 Å². The summed E-state index contributed by atoms with van der Waals surface area (Å²) in [5, 5.41) is 0. The van der Waals surface area contributed by atoms with Crippen LogP contribution in [0.25, 0.3) is 0 Å². The van der Waals surface area contributed by atoms with Crippen molar-refractivity contribution in [3.8, 4) is 11.5 Å². The highest BCUT2D eigenvalue weighted by Gasteiger charge is 2.34. The third kappa shape index (κ3) is 15.9. The van der Waals surface area contributed by atoms with E-state index >= 15 is 0 Å². The summed E-state index contributed by atoms with van der Waals surface area (Å²) in [5.74, 6) is 1.73. The minimum Gasteiger partial charge on any atom is -0.487 e. The minimum atomic E-state index is -0.0997. The van der Waals surface area contributed by atoms with Crippen molar-refractivity contribution in [3.63, 3.8) is 0 Å². The molecule has 0 bridgehead atoms. The van der Waals surface area contributed by atoms with Crippen LogP contribution >= 0.6 is 0 Å². The van der Waals surface area contributed by atoms with Gasteiger partial charge in [0.05, 0.1) is 0 Å². The van der Waals surface area contributed by atoms with Crippen LogP contribution in [0.15, 0.2) is 12.7 Å². The van der Waals surface area contributed by atoms with Crippen LogP contribution < -0.4 is 9.47 Å². The van der Waals surface area contributed by atoms with Gasteiger partial charge in [0.25, 0.3) is 0 Å². The zero-order valence-electron chi connectivity index (χ0n) is 31.3. The number of carbonyl (C=O) groups is 1. The summed E-state index contributed by atoms with van der Waals surface area (Å²) in [6.45, 7) is 14.7. The molecule has 0 amide bonds. The van der Waals surface area contributed by atoms with Gasteiger partial charge in [-0.2, -0.15) is 0 Å². The molecule has 0 spiro atoms. The second-order valence-electron chi connectivity index (χ2n) is 14.9. The molecule has 2 rings (SSSR count). The van der Waals surface area contributed by atoms with Gasteiger partial charge in [0.1, 0.15) is 17.1 Å². The summed E-state index contributed by atoms with van der Waals surface area (Å²) in [4.78, 5) is 12.8. The number of fused-ring (bicyclic) bond motifs is 1. The van der Waals surface area contributed by atoms with E-state index in [-0.39, 0.29) is 11.6 Å². The van der Waals surface area contributed by atoms with Gasteiger partial charge in [-0.25, -0.2) is 0 Å². The predicted octanol–water partition coefficient (Wildman–Crippen LogP) is 13.9. The Labute approximate surface area is 286 Å². The highest BCUT2D eigenvalue weighted by Crippen LogP contribution is 2.45.